The van der Waals surface area contributed by atoms with Gasteiger partial charge >= 0.3 is 6.03 Å². The molecule has 4 heterocycles. The van der Waals surface area contributed by atoms with E-state index in [-0.39, 0.29) is 6.03 Å². The van der Waals surface area contributed by atoms with Gasteiger partial charge in [-0.2, -0.15) is 0 Å². The number of anilines is 1. The third-order valence-corrected chi connectivity index (χ3v) is 6.50. The number of amides is 2. The number of morpholine rings is 1. The molecule has 8 nitrogen and oxygen atoms in total. The van der Waals surface area contributed by atoms with Gasteiger partial charge in [-0.15, -0.1) is 0 Å². The first-order chi connectivity index (χ1) is 14.6. The molecule has 1 fully saturated rings. The van der Waals surface area contributed by atoms with Crippen LogP contribution >= 0.6 is 0 Å². The zero-order valence-corrected chi connectivity index (χ0v) is 17.3. The van der Waals surface area contributed by atoms with E-state index in [1.54, 1.807) is 0 Å². The summed E-state index contributed by atoms with van der Waals surface area (Å²) < 4.78 is 7.64. The highest BCUT2D eigenvalue weighted by atomic mass is 16.5. The Labute approximate surface area is 175 Å². The molecule has 2 atom stereocenters. The summed E-state index contributed by atoms with van der Waals surface area (Å²) >= 11 is 0. The van der Waals surface area contributed by atoms with E-state index in [0.29, 0.717) is 50.5 Å². The molecule has 0 aliphatic carbocycles. The average Bonchev–Trinajstić information content (AvgIpc) is 3.13. The lowest BCUT2D eigenvalue weighted by Gasteiger charge is -2.31. The van der Waals surface area contributed by atoms with Gasteiger partial charge in [0.05, 0.1) is 24.2 Å². The first-order valence-electron chi connectivity index (χ1n) is 10.8. The van der Waals surface area contributed by atoms with E-state index >= 15 is 0 Å². The van der Waals surface area contributed by atoms with Gasteiger partial charge in [0.15, 0.2) is 5.82 Å². The minimum Gasteiger partial charge on any atom is -0.382 e. The molecule has 0 radical (unpaired) electrons. The third-order valence-electron chi connectivity index (χ3n) is 6.50. The fourth-order valence-electron chi connectivity index (χ4n) is 4.76. The molecular formula is C22H28N6O2. The van der Waals surface area contributed by atoms with Gasteiger partial charge in [0.25, 0.3) is 0 Å². The van der Waals surface area contributed by atoms with Gasteiger partial charge in [-0.1, -0.05) is 25.1 Å². The van der Waals surface area contributed by atoms with E-state index in [2.05, 4.69) is 27.9 Å². The maximum absolute atomic E-state index is 12.3. The second-order valence-electron chi connectivity index (χ2n) is 8.41. The maximum atomic E-state index is 12.3. The Bertz CT molecular complexity index is 1090. The lowest BCUT2D eigenvalue weighted by Crippen LogP contribution is -2.46. The molecule has 30 heavy (non-hydrogen) atoms. The number of fused-ring (bicyclic) bond motifs is 5. The molecule has 3 aromatic rings. The summed E-state index contributed by atoms with van der Waals surface area (Å²) in [6.45, 7) is 6.44. The largest absolute Gasteiger partial charge is 0.382 e. The standard InChI is InChI=1S/C22H28N6O2/c1-14-13-28-18(12-15(14)6-7-24-22(29)27-8-10-30-11-9-27)26-19-20(28)16-4-2-3-5-17(16)25-21(19)23/h2-5,14-15H,6-13H2,1H3,(H2,23,25)(H,24,29). The Balaban J connectivity index is 1.33. The van der Waals surface area contributed by atoms with Crippen LogP contribution in [0.4, 0.5) is 10.6 Å². The van der Waals surface area contributed by atoms with Crippen molar-refractivity contribution >= 4 is 33.8 Å². The van der Waals surface area contributed by atoms with E-state index in [1.807, 2.05) is 23.1 Å². The summed E-state index contributed by atoms with van der Waals surface area (Å²) in [6, 6.07) is 8.12. The number of ether oxygens (including phenoxy) is 1. The molecule has 0 saturated carbocycles. The Kier molecular flexibility index (Phi) is 4.94. The number of imidazole rings is 1. The Morgan fingerprint density at radius 2 is 2.07 bits per heavy atom. The minimum absolute atomic E-state index is 0.0133. The number of aromatic nitrogens is 3. The zero-order chi connectivity index (χ0) is 20.7. The van der Waals surface area contributed by atoms with Crippen LogP contribution < -0.4 is 11.1 Å². The van der Waals surface area contributed by atoms with Gasteiger partial charge in [0.2, 0.25) is 0 Å². The number of nitrogens with two attached hydrogens (primary N) is 1. The summed E-state index contributed by atoms with van der Waals surface area (Å²) in [4.78, 5) is 23.6. The molecule has 0 spiro atoms. The third kappa shape index (κ3) is 3.35. The van der Waals surface area contributed by atoms with Crippen LogP contribution in [-0.2, 0) is 17.7 Å². The van der Waals surface area contributed by atoms with E-state index in [4.69, 9.17) is 15.5 Å². The number of carbonyl (C=O) groups excluding carboxylic acids is 1. The van der Waals surface area contributed by atoms with E-state index in [1.165, 1.54) is 0 Å². The first-order valence-corrected chi connectivity index (χ1v) is 10.8. The van der Waals surface area contributed by atoms with Gasteiger partial charge in [-0.25, -0.2) is 14.8 Å². The fraction of sp³-hybridized carbons (Fsp3) is 0.500. The second-order valence-corrected chi connectivity index (χ2v) is 8.41. The number of hydrogen-bond acceptors (Lipinski definition) is 5. The number of pyridine rings is 1. The predicted molar refractivity (Wildman–Crippen MR) is 116 cm³/mol. The fourth-order valence-corrected chi connectivity index (χ4v) is 4.76. The highest BCUT2D eigenvalue weighted by Crippen LogP contribution is 2.35. The number of nitrogens with zero attached hydrogens (tertiary/aromatic N) is 4. The normalized spacial score (nSPS) is 21.7. The van der Waals surface area contributed by atoms with Gasteiger partial charge in [0.1, 0.15) is 11.3 Å². The molecule has 2 aliphatic rings. The lowest BCUT2D eigenvalue weighted by molar-refractivity contribution is 0.0531. The molecular weight excluding hydrogens is 380 g/mol. The summed E-state index contributed by atoms with van der Waals surface area (Å²) in [5, 5.41) is 4.18. The van der Waals surface area contributed by atoms with Crippen LogP contribution in [0.5, 0.6) is 0 Å². The smallest absolute Gasteiger partial charge is 0.317 e. The first kappa shape index (κ1) is 19.1. The number of nitrogen functional groups attached to an aromatic ring is 1. The van der Waals surface area contributed by atoms with Crippen molar-refractivity contribution in [2.75, 3.05) is 38.6 Å². The Morgan fingerprint density at radius 3 is 2.90 bits per heavy atom. The van der Waals surface area contributed by atoms with Gasteiger partial charge in [0, 0.05) is 38.0 Å². The van der Waals surface area contributed by atoms with Crippen LogP contribution in [0.2, 0.25) is 0 Å². The molecule has 1 aromatic carbocycles. The predicted octanol–water partition coefficient (Wildman–Crippen LogP) is 2.41. The molecule has 8 heteroatoms. The number of nitrogens with one attached hydrogen (secondary N) is 1. The topological polar surface area (TPSA) is 98.3 Å². The van der Waals surface area contributed by atoms with Crippen molar-refractivity contribution in [2.45, 2.75) is 26.3 Å². The van der Waals surface area contributed by atoms with Crippen LogP contribution in [0.3, 0.4) is 0 Å². The summed E-state index contributed by atoms with van der Waals surface area (Å²) in [6.07, 6.45) is 1.83. The van der Waals surface area contributed by atoms with Crippen LogP contribution in [-0.4, -0.2) is 58.3 Å². The van der Waals surface area contributed by atoms with Crippen molar-refractivity contribution in [2.24, 2.45) is 11.8 Å². The summed E-state index contributed by atoms with van der Waals surface area (Å²) in [5.41, 5.74) is 9.05. The average molecular weight is 409 g/mol. The van der Waals surface area contributed by atoms with Crippen LogP contribution in [0.1, 0.15) is 19.2 Å². The number of carbonyl (C=O) groups is 1. The van der Waals surface area contributed by atoms with Crippen molar-refractivity contribution in [1.29, 1.82) is 0 Å². The second kappa shape index (κ2) is 7.75. The number of benzene rings is 1. The molecule has 5 rings (SSSR count). The Morgan fingerprint density at radius 1 is 1.27 bits per heavy atom. The van der Waals surface area contributed by atoms with Crippen molar-refractivity contribution < 1.29 is 9.53 Å². The summed E-state index contributed by atoms with van der Waals surface area (Å²) in [5.74, 6) is 2.52. The maximum Gasteiger partial charge on any atom is 0.317 e. The van der Waals surface area contributed by atoms with Crippen LogP contribution in [0.25, 0.3) is 21.9 Å². The molecule has 0 bridgehead atoms. The van der Waals surface area contributed by atoms with E-state index in [9.17, 15) is 4.79 Å². The quantitative estimate of drug-likeness (QED) is 0.693. The van der Waals surface area contributed by atoms with Crippen molar-refractivity contribution in [3.8, 4) is 0 Å². The van der Waals surface area contributed by atoms with Crippen molar-refractivity contribution in [1.82, 2.24) is 24.8 Å². The van der Waals surface area contributed by atoms with Gasteiger partial charge in [-0.3, -0.25) is 0 Å². The summed E-state index contributed by atoms with van der Waals surface area (Å²) in [7, 11) is 0. The molecule has 2 amide bonds. The molecule has 158 valence electrons. The molecule has 1 saturated heterocycles. The van der Waals surface area contributed by atoms with Crippen molar-refractivity contribution in [3.05, 3.63) is 30.1 Å². The monoisotopic (exact) mass is 408 g/mol. The lowest BCUT2D eigenvalue weighted by atomic mass is 9.85. The number of urea groups is 1. The molecule has 2 aliphatic heterocycles. The van der Waals surface area contributed by atoms with E-state index in [0.717, 1.165) is 47.1 Å². The SMILES string of the molecule is CC1Cn2c(nc3c(N)nc4ccccc4c32)CC1CCNC(=O)N1CCOCC1. The molecule has 2 aromatic heterocycles. The van der Waals surface area contributed by atoms with Crippen LogP contribution in [0.15, 0.2) is 24.3 Å². The molecule has 3 N–H and O–H groups in total. The van der Waals surface area contributed by atoms with Gasteiger partial charge in [-0.05, 0) is 24.3 Å². The highest BCUT2D eigenvalue weighted by molar-refractivity contribution is 6.06. The Hall–Kier alpha value is -2.87. The number of para-hydroxylation sites is 1. The molecule has 2 unspecified atom stereocenters. The van der Waals surface area contributed by atoms with Crippen molar-refractivity contribution in [3.63, 3.8) is 0 Å². The van der Waals surface area contributed by atoms with Crippen LogP contribution in [0, 0.1) is 11.8 Å². The van der Waals surface area contributed by atoms with E-state index < -0.39 is 0 Å². The number of rotatable bonds is 3. The minimum atomic E-state index is 0.0133. The highest BCUT2D eigenvalue weighted by Gasteiger charge is 2.29. The zero-order valence-electron chi connectivity index (χ0n) is 17.3. The number of hydrogen-bond donors (Lipinski definition) is 2. The van der Waals surface area contributed by atoms with Gasteiger partial charge < -0.3 is 25.3 Å².